The van der Waals surface area contributed by atoms with Gasteiger partial charge in [0, 0.05) is 43.5 Å². The van der Waals surface area contributed by atoms with Crippen LogP contribution in [0.3, 0.4) is 0 Å². The molecule has 2 saturated heterocycles. The molecule has 3 unspecified atom stereocenters. The molecule has 0 amide bonds. The van der Waals surface area contributed by atoms with Gasteiger partial charge in [0.1, 0.15) is 0 Å². The van der Waals surface area contributed by atoms with E-state index < -0.39 is 0 Å². The molecule has 0 aliphatic carbocycles. The maximum atomic E-state index is 3.76. The predicted molar refractivity (Wildman–Crippen MR) is 72.2 cm³/mol. The highest BCUT2D eigenvalue weighted by atomic mass is 32.2. The Bertz CT molecular complexity index is 224. The lowest BCUT2D eigenvalue weighted by atomic mass is 10.1. The zero-order valence-electron chi connectivity index (χ0n) is 10.8. The summed E-state index contributed by atoms with van der Waals surface area (Å²) >= 11 is 2.11. The Hall–Kier alpha value is 0.230. The molecular weight excluding hydrogens is 218 g/mol. The number of rotatable bonds is 3. The van der Waals surface area contributed by atoms with Crippen molar-refractivity contribution in [2.45, 2.75) is 30.7 Å². The Morgan fingerprint density at radius 3 is 2.81 bits per heavy atom. The lowest BCUT2D eigenvalue weighted by Gasteiger charge is -2.38. The first-order valence-corrected chi connectivity index (χ1v) is 7.45. The van der Waals surface area contributed by atoms with Crippen molar-refractivity contribution in [3.8, 4) is 0 Å². The highest BCUT2D eigenvalue weighted by molar-refractivity contribution is 8.00. The van der Waals surface area contributed by atoms with Crippen molar-refractivity contribution in [2.75, 3.05) is 46.0 Å². The van der Waals surface area contributed by atoms with Gasteiger partial charge in [-0.2, -0.15) is 11.8 Å². The number of piperazine rings is 1. The van der Waals surface area contributed by atoms with Gasteiger partial charge < -0.3 is 10.2 Å². The molecule has 1 N–H and O–H groups in total. The average Bonchev–Trinajstić information content (AvgIpc) is 2.66. The van der Waals surface area contributed by atoms with Crippen LogP contribution >= 0.6 is 11.8 Å². The molecule has 2 aliphatic rings. The van der Waals surface area contributed by atoms with Crippen LogP contribution in [0.15, 0.2) is 0 Å². The zero-order valence-corrected chi connectivity index (χ0v) is 11.6. The van der Waals surface area contributed by atoms with Crippen LogP contribution < -0.4 is 5.32 Å². The molecule has 2 rings (SSSR count). The minimum Gasteiger partial charge on any atom is -0.311 e. The number of likely N-dealkylation sites (N-methyl/N-ethyl adjacent to an activating group) is 2. The van der Waals surface area contributed by atoms with Crippen LogP contribution in [-0.2, 0) is 0 Å². The number of nitrogens with zero attached hydrogens (tertiary/aromatic N) is 2. The second-order valence-corrected chi connectivity index (χ2v) is 6.76. The molecule has 2 aliphatic heterocycles. The van der Waals surface area contributed by atoms with E-state index in [9.17, 15) is 0 Å². The van der Waals surface area contributed by atoms with Crippen molar-refractivity contribution in [1.82, 2.24) is 15.1 Å². The number of hydrogen-bond acceptors (Lipinski definition) is 4. The van der Waals surface area contributed by atoms with Gasteiger partial charge in [0.15, 0.2) is 0 Å². The molecule has 2 fully saturated rings. The first-order valence-electron chi connectivity index (χ1n) is 6.40. The standard InChI is InChI=1S/C12H25N3S/c1-10-12(4-7-16-10)13-8-11-9-14(2)5-6-15(11)3/h10-13H,4-9H2,1-3H3. The lowest BCUT2D eigenvalue weighted by molar-refractivity contribution is 0.111. The molecule has 3 atom stereocenters. The smallest absolute Gasteiger partial charge is 0.0345 e. The third-order valence-corrected chi connectivity index (χ3v) is 5.30. The van der Waals surface area contributed by atoms with Gasteiger partial charge in [0.2, 0.25) is 0 Å². The van der Waals surface area contributed by atoms with Gasteiger partial charge in [0.25, 0.3) is 0 Å². The SMILES string of the molecule is CC1SCCC1NCC1CN(C)CCN1C. The monoisotopic (exact) mass is 243 g/mol. The van der Waals surface area contributed by atoms with Crippen LogP contribution in [0.1, 0.15) is 13.3 Å². The van der Waals surface area contributed by atoms with E-state index in [1.54, 1.807) is 0 Å². The first kappa shape index (κ1) is 12.7. The minimum absolute atomic E-state index is 0.691. The number of hydrogen-bond donors (Lipinski definition) is 1. The van der Waals surface area contributed by atoms with Crippen molar-refractivity contribution >= 4 is 11.8 Å². The van der Waals surface area contributed by atoms with Gasteiger partial charge in [-0.15, -0.1) is 0 Å². The summed E-state index contributed by atoms with van der Waals surface area (Å²) in [6.07, 6.45) is 1.35. The van der Waals surface area contributed by atoms with Crippen LogP contribution in [0, 0.1) is 0 Å². The quantitative estimate of drug-likeness (QED) is 0.787. The topological polar surface area (TPSA) is 18.5 Å². The normalized spacial score (nSPS) is 38.1. The lowest BCUT2D eigenvalue weighted by Crippen LogP contribution is -2.55. The van der Waals surface area contributed by atoms with Crippen molar-refractivity contribution in [3.63, 3.8) is 0 Å². The average molecular weight is 243 g/mol. The van der Waals surface area contributed by atoms with E-state index in [1.165, 1.54) is 31.8 Å². The Kier molecular flexibility index (Phi) is 4.53. The third kappa shape index (κ3) is 3.13. The summed E-state index contributed by atoms with van der Waals surface area (Å²) < 4.78 is 0. The molecule has 0 aromatic carbocycles. The molecule has 0 radical (unpaired) electrons. The van der Waals surface area contributed by atoms with Crippen LogP contribution in [-0.4, -0.2) is 73.2 Å². The molecule has 2 heterocycles. The summed E-state index contributed by atoms with van der Waals surface area (Å²) in [5, 5.41) is 4.56. The van der Waals surface area contributed by atoms with Gasteiger partial charge >= 0.3 is 0 Å². The maximum absolute atomic E-state index is 3.76. The van der Waals surface area contributed by atoms with Gasteiger partial charge in [-0.3, -0.25) is 4.90 Å². The highest BCUT2D eigenvalue weighted by Gasteiger charge is 2.26. The van der Waals surface area contributed by atoms with Gasteiger partial charge in [-0.05, 0) is 26.3 Å². The Balaban J connectivity index is 1.75. The molecular formula is C12H25N3S. The van der Waals surface area contributed by atoms with Crippen molar-refractivity contribution < 1.29 is 0 Å². The Morgan fingerprint density at radius 1 is 1.31 bits per heavy atom. The van der Waals surface area contributed by atoms with E-state index in [4.69, 9.17) is 0 Å². The minimum atomic E-state index is 0.691. The third-order valence-electron chi connectivity index (χ3n) is 3.97. The first-order chi connectivity index (χ1) is 7.66. The molecule has 0 spiro atoms. The fraction of sp³-hybridized carbons (Fsp3) is 1.00. The largest absolute Gasteiger partial charge is 0.311 e. The fourth-order valence-corrected chi connectivity index (χ4v) is 3.84. The van der Waals surface area contributed by atoms with E-state index in [2.05, 4.69) is 47.9 Å². The van der Waals surface area contributed by atoms with E-state index >= 15 is 0 Å². The van der Waals surface area contributed by atoms with Crippen molar-refractivity contribution in [3.05, 3.63) is 0 Å². The Morgan fingerprint density at radius 2 is 2.12 bits per heavy atom. The molecule has 0 saturated carbocycles. The molecule has 16 heavy (non-hydrogen) atoms. The second kappa shape index (κ2) is 5.71. The summed E-state index contributed by atoms with van der Waals surface area (Å²) in [5.74, 6) is 1.33. The summed E-state index contributed by atoms with van der Waals surface area (Å²) in [7, 11) is 4.49. The summed E-state index contributed by atoms with van der Waals surface area (Å²) in [6, 6.07) is 1.43. The van der Waals surface area contributed by atoms with Crippen LogP contribution in [0.2, 0.25) is 0 Å². The predicted octanol–water partition coefficient (Wildman–Crippen LogP) is 0.716. The Labute approximate surface area is 104 Å². The number of thioether (sulfide) groups is 1. The molecule has 0 bridgehead atoms. The van der Waals surface area contributed by atoms with Crippen LogP contribution in [0.25, 0.3) is 0 Å². The van der Waals surface area contributed by atoms with Crippen molar-refractivity contribution in [2.24, 2.45) is 0 Å². The van der Waals surface area contributed by atoms with Crippen molar-refractivity contribution in [1.29, 1.82) is 0 Å². The number of nitrogens with one attached hydrogen (secondary N) is 1. The fourth-order valence-electron chi connectivity index (χ4n) is 2.61. The van der Waals surface area contributed by atoms with Crippen LogP contribution in [0.5, 0.6) is 0 Å². The molecule has 4 heteroatoms. The molecule has 3 nitrogen and oxygen atoms in total. The zero-order chi connectivity index (χ0) is 11.5. The van der Waals surface area contributed by atoms with E-state index in [-0.39, 0.29) is 0 Å². The van der Waals surface area contributed by atoms with Gasteiger partial charge in [-0.25, -0.2) is 0 Å². The van der Waals surface area contributed by atoms with E-state index in [0.717, 1.165) is 17.8 Å². The second-order valence-electron chi connectivity index (χ2n) is 5.28. The molecule has 94 valence electrons. The molecule has 0 aromatic rings. The summed E-state index contributed by atoms with van der Waals surface area (Å²) in [4.78, 5) is 4.94. The molecule has 0 aromatic heterocycles. The van der Waals surface area contributed by atoms with E-state index in [1.807, 2.05) is 0 Å². The maximum Gasteiger partial charge on any atom is 0.0345 e. The van der Waals surface area contributed by atoms with Crippen LogP contribution in [0.4, 0.5) is 0 Å². The highest BCUT2D eigenvalue weighted by Crippen LogP contribution is 2.26. The summed E-state index contributed by atoms with van der Waals surface area (Å²) in [6.45, 7) is 7.13. The summed E-state index contributed by atoms with van der Waals surface area (Å²) in [5.41, 5.74) is 0. The van der Waals surface area contributed by atoms with E-state index in [0.29, 0.717) is 6.04 Å². The van der Waals surface area contributed by atoms with Gasteiger partial charge in [0.05, 0.1) is 0 Å². The van der Waals surface area contributed by atoms with Gasteiger partial charge in [-0.1, -0.05) is 6.92 Å².